The van der Waals surface area contributed by atoms with Crippen molar-refractivity contribution in [2.75, 3.05) is 114 Å². The number of rotatable bonds is 24. The van der Waals surface area contributed by atoms with Crippen LogP contribution in [-0.4, -0.2) is 180 Å². The fraction of sp³-hybridized carbons (Fsp3) is 0.412. The molecule has 0 aliphatic carbocycles. The van der Waals surface area contributed by atoms with Gasteiger partial charge in [0, 0.05) is 50.6 Å². The fourth-order valence-electron chi connectivity index (χ4n) is 5.03. The van der Waals surface area contributed by atoms with Crippen molar-refractivity contribution in [2.45, 2.75) is 9.79 Å². The first-order valence-electron chi connectivity index (χ1n) is 18.0. The maximum absolute atomic E-state index is 12.3. The molecule has 0 fully saturated rings. The third kappa shape index (κ3) is 18.9. The molecule has 25 nitrogen and oxygen atoms in total. The van der Waals surface area contributed by atoms with E-state index in [0.717, 1.165) is 24.3 Å². The number of benzene rings is 2. The molecule has 29 heteroatoms. The van der Waals surface area contributed by atoms with Gasteiger partial charge in [-0.05, 0) is 35.4 Å². The topological polar surface area (TPSA) is 374 Å². The van der Waals surface area contributed by atoms with E-state index < -0.39 is 30.0 Å². The predicted molar refractivity (Wildman–Crippen MR) is 217 cm³/mol. The molecule has 2 aromatic carbocycles. The number of aromatic nitrogens is 6. The van der Waals surface area contributed by atoms with Gasteiger partial charge in [0.15, 0.2) is 0 Å². The number of hydrogen-bond acceptors (Lipinski definition) is 25. The van der Waals surface area contributed by atoms with Crippen LogP contribution in [0.25, 0.3) is 12.2 Å². The van der Waals surface area contributed by atoms with E-state index in [-0.39, 0.29) is 183 Å². The van der Waals surface area contributed by atoms with Crippen molar-refractivity contribution in [2.24, 2.45) is 0 Å². The van der Waals surface area contributed by atoms with Gasteiger partial charge in [-0.15, -0.1) is 0 Å². The van der Waals surface area contributed by atoms with E-state index in [1.54, 1.807) is 0 Å². The Bertz CT molecular complexity index is 2100. The summed E-state index contributed by atoms with van der Waals surface area (Å²) in [5, 5.41) is 62.2. The standard InChI is InChI=1S/C30H38N10O12S2.C4H11NO2.2Na/c1-51-29-35-25(33-27(37-29)39(9-13-41)10-14-42)31-21-7-5-19(23(17-21)53(45,46)47)3-4-20-6-8-22(18-24(20)54(48,49)50)32-26-34-28(38-30(36-26)52-2)40(11-15-43)12-16-44;6-3-1-5-2-4-7;;/h3-8,17-18,41-44H,9-16H2,1-2H3,(H,45,46,47)(H,48,49,50)(H,31,33,35,37)(H,32,34,36,38);5-7H,1-4H2;;/q;;2*+1/p-2/b4-3+;;;. The van der Waals surface area contributed by atoms with Crippen LogP contribution in [0.1, 0.15) is 11.1 Å². The SMILES string of the molecule is COc1nc(Nc2ccc(/C=C/c3ccc(Nc4nc(OC)nc(N(CCO)CCO)n4)cc3S(=O)(=O)[O-])c(S(=O)(=O)[O-])c2)nc(N(CCO)CCO)n1.OCCNCCO.[Na+].[Na+]. The second-order valence-corrected chi connectivity index (χ2v) is 14.7. The zero-order valence-corrected chi connectivity index (χ0v) is 40.6. The van der Waals surface area contributed by atoms with Gasteiger partial charge in [0.1, 0.15) is 20.2 Å². The molecule has 2 heterocycles. The van der Waals surface area contributed by atoms with Crippen LogP contribution < -0.4 is 94.3 Å². The molecule has 0 aliphatic heterocycles. The smallest absolute Gasteiger partial charge is 0.744 e. The third-order valence-electron chi connectivity index (χ3n) is 7.71. The number of aliphatic hydroxyl groups excluding tert-OH is 6. The molecule has 0 atom stereocenters. The van der Waals surface area contributed by atoms with Crippen LogP contribution in [0.15, 0.2) is 46.2 Å². The van der Waals surface area contributed by atoms with Gasteiger partial charge in [-0.1, -0.05) is 24.3 Å². The minimum Gasteiger partial charge on any atom is -0.744 e. The van der Waals surface area contributed by atoms with Crippen LogP contribution in [0, 0.1) is 0 Å². The van der Waals surface area contributed by atoms with Crippen molar-refractivity contribution in [3.63, 3.8) is 0 Å². The molecule has 0 aliphatic rings. The number of nitrogens with zero attached hydrogens (tertiary/aromatic N) is 8. The Morgan fingerprint density at radius 1 is 0.571 bits per heavy atom. The Morgan fingerprint density at radius 3 is 1.21 bits per heavy atom. The van der Waals surface area contributed by atoms with Gasteiger partial charge in [0.05, 0.1) is 63.7 Å². The van der Waals surface area contributed by atoms with Gasteiger partial charge >= 0.3 is 71.1 Å². The molecule has 4 rings (SSSR count). The molecule has 0 unspecified atom stereocenters. The van der Waals surface area contributed by atoms with Gasteiger partial charge in [-0.25, -0.2) is 16.8 Å². The minimum atomic E-state index is -5.14. The van der Waals surface area contributed by atoms with E-state index in [1.807, 2.05) is 0 Å². The molecule has 9 N–H and O–H groups in total. The average Bonchev–Trinajstić information content (AvgIpc) is 3.22. The number of ether oxygens (including phenoxy) is 2. The number of hydrogen-bond donors (Lipinski definition) is 9. The Morgan fingerprint density at radius 2 is 0.921 bits per heavy atom. The van der Waals surface area contributed by atoms with Crippen LogP contribution in [0.2, 0.25) is 0 Å². The maximum atomic E-state index is 12.3. The molecular weight excluding hydrogens is 897 g/mol. The monoisotopic (exact) mass is 943 g/mol. The molecule has 0 radical (unpaired) electrons. The van der Waals surface area contributed by atoms with Crippen molar-refractivity contribution < 1.29 is 125 Å². The predicted octanol–water partition coefficient (Wildman–Crippen LogP) is -8.31. The van der Waals surface area contributed by atoms with Crippen LogP contribution in [0.4, 0.5) is 35.2 Å². The molecule has 0 saturated heterocycles. The van der Waals surface area contributed by atoms with E-state index >= 15 is 0 Å². The van der Waals surface area contributed by atoms with Crippen molar-refractivity contribution in [1.29, 1.82) is 0 Å². The third-order valence-corrected chi connectivity index (χ3v) is 9.50. The Hall–Kier alpha value is -3.46. The molecule has 0 amide bonds. The minimum absolute atomic E-state index is 0. The molecule has 2 aromatic heterocycles. The fourth-order valence-corrected chi connectivity index (χ4v) is 6.42. The molecule has 0 bridgehead atoms. The van der Waals surface area contributed by atoms with Gasteiger partial charge in [0.25, 0.3) is 0 Å². The molecular formula is C34H47N11Na2O14S2. The first-order chi connectivity index (χ1) is 29.1. The van der Waals surface area contributed by atoms with Crippen LogP contribution >= 0.6 is 0 Å². The zero-order chi connectivity index (χ0) is 45.0. The summed E-state index contributed by atoms with van der Waals surface area (Å²) in [7, 11) is -7.69. The largest absolute Gasteiger partial charge is 1.00 e. The zero-order valence-electron chi connectivity index (χ0n) is 34.9. The van der Waals surface area contributed by atoms with Crippen LogP contribution in [0.3, 0.4) is 0 Å². The van der Waals surface area contributed by atoms with Crippen molar-refractivity contribution in [3.05, 3.63) is 47.5 Å². The van der Waals surface area contributed by atoms with Gasteiger partial charge in [0.2, 0.25) is 23.8 Å². The summed E-state index contributed by atoms with van der Waals surface area (Å²) in [6, 6.07) is 6.94. The van der Waals surface area contributed by atoms with Gasteiger partial charge < -0.3 is 75.0 Å². The summed E-state index contributed by atoms with van der Waals surface area (Å²) in [4.78, 5) is 26.2. The van der Waals surface area contributed by atoms with Crippen molar-refractivity contribution in [3.8, 4) is 12.0 Å². The first-order valence-corrected chi connectivity index (χ1v) is 20.8. The maximum Gasteiger partial charge on any atom is 1.00 e. The summed E-state index contributed by atoms with van der Waals surface area (Å²) < 4.78 is 84.3. The molecule has 4 aromatic rings. The van der Waals surface area contributed by atoms with E-state index in [4.69, 9.17) is 19.7 Å². The van der Waals surface area contributed by atoms with Crippen molar-refractivity contribution >= 4 is 67.6 Å². The molecule has 336 valence electrons. The Kier molecular flexibility index (Phi) is 26.6. The number of anilines is 6. The Labute approximate surface area is 407 Å². The normalized spacial score (nSPS) is 11.1. The number of aliphatic hydroxyl groups is 6. The number of methoxy groups -OCH3 is 2. The summed E-state index contributed by atoms with van der Waals surface area (Å²) in [5.41, 5.74) is -0.219. The van der Waals surface area contributed by atoms with E-state index in [1.165, 1.54) is 48.3 Å². The van der Waals surface area contributed by atoms with Crippen LogP contribution in [-0.2, 0) is 20.2 Å². The molecule has 63 heavy (non-hydrogen) atoms. The quantitative estimate of drug-likeness (QED) is 0.0136. The van der Waals surface area contributed by atoms with E-state index in [2.05, 4.69) is 45.9 Å². The van der Waals surface area contributed by atoms with Crippen molar-refractivity contribution in [1.82, 2.24) is 35.2 Å². The second kappa shape index (κ2) is 29.2. The average molecular weight is 944 g/mol. The van der Waals surface area contributed by atoms with Gasteiger partial charge in [-0.2, -0.15) is 29.9 Å². The summed E-state index contributed by atoms with van der Waals surface area (Å²) in [6.07, 6.45) is 2.27. The summed E-state index contributed by atoms with van der Waals surface area (Å²) in [6.45, 7) is 0.540. The van der Waals surface area contributed by atoms with Crippen LogP contribution in [0.5, 0.6) is 12.0 Å². The Balaban J connectivity index is 0.00000203. The van der Waals surface area contributed by atoms with E-state index in [9.17, 15) is 46.4 Å². The molecule has 0 spiro atoms. The summed E-state index contributed by atoms with van der Waals surface area (Å²) >= 11 is 0. The number of nitrogens with one attached hydrogen (secondary N) is 3. The molecule has 0 saturated carbocycles. The second-order valence-electron chi connectivity index (χ2n) is 12.0. The van der Waals surface area contributed by atoms with Gasteiger partial charge in [-0.3, -0.25) is 0 Å². The van der Waals surface area contributed by atoms with E-state index in [0.29, 0.717) is 13.1 Å². The first kappa shape index (κ1) is 57.6. The summed E-state index contributed by atoms with van der Waals surface area (Å²) in [5.74, 6) is -0.216.